The molecule has 0 spiro atoms. The number of nitro groups is 1. The number of amides is 1. The zero-order valence-corrected chi connectivity index (χ0v) is 22.2. The molecule has 3 aromatic rings. The van der Waals surface area contributed by atoms with Crippen LogP contribution in [0.4, 0.5) is 11.4 Å². The molecule has 0 aliphatic heterocycles. The Hall–Kier alpha value is -3.00. The number of rotatable bonds is 7. The van der Waals surface area contributed by atoms with Crippen LogP contribution in [0.25, 0.3) is 0 Å². The summed E-state index contributed by atoms with van der Waals surface area (Å²) in [5.41, 5.74) is -0.0756. The average molecular weight is 630 g/mol. The van der Waals surface area contributed by atoms with Crippen molar-refractivity contribution in [1.29, 1.82) is 0 Å². The highest BCUT2D eigenvalue weighted by molar-refractivity contribution is 9.11. The number of benzene rings is 3. The van der Waals surface area contributed by atoms with E-state index in [1.54, 1.807) is 12.1 Å². The predicted octanol–water partition coefficient (Wildman–Crippen LogP) is 6.19. The van der Waals surface area contributed by atoms with Crippen molar-refractivity contribution in [2.75, 3.05) is 4.31 Å². The summed E-state index contributed by atoms with van der Waals surface area (Å²) in [6.45, 7) is 3.83. The van der Waals surface area contributed by atoms with E-state index < -0.39 is 21.1 Å². The maximum atomic E-state index is 13.1. The molecular weight excluding hydrogens is 612 g/mol. The van der Waals surface area contributed by atoms with Crippen LogP contribution in [0, 0.1) is 10.1 Å². The van der Waals surface area contributed by atoms with E-state index in [9.17, 15) is 33.0 Å². The molecule has 0 atom stereocenters. The quantitative estimate of drug-likeness (QED) is 0.179. The zero-order valence-electron chi connectivity index (χ0n) is 18.2. The number of nitro benzene ring substituents is 1. The third-order valence-corrected chi connectivity index (χ3v) is 6.81. The van der Waals surface area contributed by atoms with E-state index in [0.717, 1.165) is 24.3 Å². The second-order valence-corrected chi connectivity index (χ2v) is 10.5. The van der Waals surface area contributed by atoms with E-state index in [0.29, 0.717) is 11.3 Å². The first kappa shape index (κ1) is 26.6. The van der Waals surface area contributed by atoms with Crippen molar-refractivity contribution in [1.82, 2.24) is 0 Å². The minimum atomic E-state index is -5.07. The standard InChI is InChI=1S/C22H18Br2N2O8S/c1-12(2)17-11-16(7-8-20(17)27)34-21-18(23)9-13(10-19(21)24)22(28)25(35(31,32)33)14-3-5-15(6-4-14)26(29)30/h3-12,27H,1-2H3,(H,31,32,33). The number of carbonyl (C=O) groups excluding carboxylic acids is 1. The largest absolute Gasteiger partial charge is 0.508 e. The summed E-state index contributed by atoms with van der Waals surface area (Å²) in [5.74, 6) is -0.256. The highest BCUT2D eigenvalue weighted by atomic mass is 79.9. The monoisotopic (exact) mass is 628 g/mol. The van der Waals surface area contributed by atoms with Crippen molar-refractivity contribution < 1.29 is 32.5 Å². The van der Waals surface area contributed by atoms with Crippen LogP contribution in [0.3, 0.4) is 0 Å². The van der Waals surface area contributed by atoms with Gasteiger partial charge < -0.3 is 9.84 Å². The van der Waals surface area contributed by atoms with Gasteiger partial charge in [-0.1, -0.05) is 13.8 Å². The minimum absolute atomic E-state index is 0.0382. The second-order valence-electron chi connectivity index (χ2n) is 7.57. The first-order valence-corrected chi connectivity index (χ1v) is 12.8. The molecule has 1 amide bonds. The lowest BCUT2D eigenvalue weighted by Crippen LogP contribution is -2.36. The van der Waals surface area contributed by atoms with Crippen molar-refractivity contribution >= 4 is 59.4 Å². The molecule has 0 unspecified atom stereocenters. The van der Waals surface area contributed by atoms with E-state index in [1.165, 1.54) is 18.2 Å². The van der Waals surface area contributed by atoms with Crippen LogP contribution in [0.1, 0.15) is 35.7 Å². The number of ether oxygens (including phenoxy) is 1. The van der Waals surface area contributed by atoms with E-state index in [1.807, 2.05) is 13.8 Å². The summed E-state index contributed by atoms with van der Waals surface area (Å²) in [4.78, 5) is 23.3. The van der Waals surface area contributed by atoms with Crippen molar-refractivity contribution in [3.8, 4) is 17.2 Å². The number of hydrogen-bond acceptors (Lipinski definition) is 7. The van der Waals surface area contributed by atoms with Gasteiger partial charge in [-0.05, 0) is 80.2 Å². The van der Waals surface area contributed by atoms with Gasteiger partial charge in [-0.3, -0.25) is 19.5 Å². The molecule has 10 nitrogen and oxygen atoms in total. The molecule has 2 N–H and O–H groups in total. The maximum absolute atomic E-state index is 13.1. The van der Waals surface area contributed by atoms with Crippen molar-refractivity contribution in [2.24, 2.45) is 0 Å². The van der Waals surface area contributed by atoms with Gasteiger partial charge >= 0.3 is 10.3 Å². The van der Waals surface area contributed by atoms with Gasteiger partial charge in [0.1, 0.15) is 11.5 Å². The van der Waals surface area contributed by atoms with E-state index in [2.05, 4.69) is 31.9 Å². The van der Waals surface area contributed by atoms with Gasteiger partial charge in [0, 0.05) is 23.3 Å². The molecule has 0 saturated carbocycles. The lowest BCUT2D eigenvalue weighted by Gasteiger charge is -2.20. The molecule has 0 aliphatic carbocycles. The third kappa shape index (κ3) is 5.99. The number of carbonyl (C=O) groups is 1. The zero-order chi connectivity index (χ0) is 26.1. The van der Waals surface area contributed by atoms with Crippen molar-refractivity contribution in [2.45, 2.75) is 19.8 Å². The second kappa shape index (κ2) is 10.3. The smallest absolute Gasteiger partial charge is 0.366 e. The molecule has 0 radical (unpaired) electrons. The van der Waals surface area contributed by atoms with E-state index in [-0.39, 0.29) is 47.6 Å². The molecule has 0 aliphatic rings. The third-order valence-electron chi connectivity index (χ3n) is 4.80. The molecule has 0 aromatic heterocycles. The van der Waals surface area contributed by atoms with Gasteiger partial charge in [-0.2, -0.15) is 12.7 Å². The van der Waals surface area contributed by atoms with Gasteiger partial charge in [0.2, 0.25) is 0 Å². The van der Waals surface area contributed by atoms with Gasteiger partial charge in [0.05, 0.1) is 19.6 Å². The van der Waals surface area contributed by atoms with Crippen molar-refractivity contribution in [3.05, 3.63) is 84.8 Å². The van der Waals surface area contributed by atoms with Crippen LogP contribution in [-0.2, 0) is 10.3 Å². The highest BCUT2D eigenvalue weighted by Gasteiger charge is 2.30. The average Bonchev–Trinajstić information content (AvgIpc) is 2.76. The lowest BCUT2D eigenvalue weighted by molar-refractivity contribution is -0.384. The first-order chi connectivity index (χ1) is 16.3. The van der Waals surface area contributed by atoms with Crippen LogP contribution in [0.5, 0.6) is 17.2 Å². The fourth-order valence-electron chi connectivity index (χ4n) is 3.14. The number of phenolic OH excluding ortho intramolecular Hbond substituents is 1. The Labute approximate surface area is 217 Å². The molecule has 184 valence electrons. The normalized spacial score (nSPS) is 11.4. The topological polar surface area (TPSA) is 147 Å². The Balaban J connectivity index is 1.98. The molecule has 3 aromatic carbocycles. The number of aromatic hydroxyl groups is 1. The first-order valence-electron chi connectivity index (χ1n) is 9.86. The van der Waals surface area contributed by atoms with E-state index in [4.69, 9.17) is 4.74 Å². The summed E-state index contributed by atoms with van der Waals surface area (Å²) < 4.78 is 40.3. The predicted molar refractivity (Wildman–Crippen MR) is 136 cm³/mol. The summed E-state index contributed by atoms with van der Waals surface area (Å²) in [6, 6.07) is 11.4. The van der Waals surface area contributed by atoms with Crippen LogP contribution >= 0.6 is 31.9 Å². The van der Waals surface area contributed by atoms with Crippen LogP contribution < -0.4 is 9.04 Å². The van der Waals surface area contributed by atoms with Crippen LogP contribution in [-0.4, -0.2) is 28.9 Å². The molecule has 0 heterocycles. The number of non-ortho nitro benzene ring substituents is 1. The number of nitrogens with zero attached hydrogens (tertiary/aromatic N) is 2. The van der Waals surface area contributed by atoms with E-state index >= 15 is 0 Å². The summed E-state index contributed by atoms with van der Waals surface area (Å²) in [5, 5.41) is 20.9. The fourth-order valence-corrected chi connectivity index (χ4v) is 5.19. The molecule has 35 heavy (non-hydrogen) atoms. The Kier molecular flexibility index (Phi) is 7.84. The van der Waals surface area contributed by atoms with Crippen molar-refractivity contribution in [3.63, 3.8) is 0 Å². The lowest BCUT2D eigenvalue weighted by atomic mass is 10.0. The number of anilines is 1. The van der Waals surface area contributed by atoms with Gasteiger partial charge in [0.15, 0.2) is 5.75 Å². The van der Waals surface area contributed by atoms with Crippen LogP contribution in [0.2, 0.25) is 0 Å². The number of hydrogen-bond donors (Lipinski definition) is 2. The van der Waals surface area contributed by atoms with Gasteiger partial charge in [-0.15, -0.1) is 0 Å². The molecule has 0 saturated heterocycles. The fraction of sp³-hybridized carbons (Fsp3) is 0.136. The highest BCUT2D eigenvalue weighted by Crippen LogP contribution is 2.40. The Morgan fingerprint density at radius 1 is 1.06 bits per heavy atom. The van der Waals surface area contributed by atoms with Crippen LogP contribution in [0.15, 0.2) is 63.5 Å². The molecule has 13 heteroatoms. The molecule has 0 fully saturated rings. The Bertz CT molecular complexity index is 1390. The molecular formula is C22H18Br2N2O8S. The van der Waals surface area contributed by atoms with Gasteiger partial charge in [0.25, 0.3) is 11.6 Å². The molecule has 3 rings (SSSR count). The minimum Gasteiger partial charge on any atom is -0.508 e. The Morgan fingerprint density at radius 2 is 1.63 bits per heavy atom. The number of halogens is 2. The Morgan fingerprint density at radius 3 is 2.11 bits per heavy atom. The SMILES string of the molecule is CC(C)c1cc(Oc2c(Br)cc(C(=O)N(c3ccc([N+](=O)[O-])cc3)S(=O)(=O)O)cc2Br)ccc1O. The van der Waals surface area contributed by atoms with Gasteiger partial charge in [-0.25, -0.2) is 0 Å². The molecule has 0 bridgehead atoms. The summed E-state index contributed by atoms with van der Waals surface area (Å²) in [6.07, 6.45) is 0. The summed E-state index contributed by atoms with van der Waals surface area (Å²) in [7, 11) is -5.07. The summed E-state index contributed by atoms with van der Waals surface area (Å²) >= 11 is 6.61. The number of phenols is 1. The maximum Gasteiger partial charge on any atom is 0.366 e.